The van der Waals surface area contributed by atoms with E-state index in [2.05, 4.69) is 15.5 Å². The molecule has 1 aromatic carbocycles. The molecule has 7 heteroatoms. The molecule has 0 saturated carbocycles. The lowest BCUT2D eigenvalue weighted by molar-refractivity contribution is -0.116. The lowest BCUT2D eigenvalue weighted by atomic mass is 10.1. The van der Waals surface area contributed by atoms with Crippen LogP contribution in [0.1, 0.15) is 19.3 Å². The van der Waals surface area contributed by atoms with E-state index in [4.69, 9.17) is 4.74 Å². The minimum atomic E-state index is 0. The highest BCUT2D eigenvalue weighted by Gasteiger charge is 2.17. The molecule has 0 aliphatic carbocycles. The average molecular weight is 364 g/mol. The fraction of sp³-hybridized carbons (Fsp3) is 0.562. The molecule has 1 fully saturated rings. The van der Waals surface area contributed by atoms with E-state index < -0.39 is 0 Å². The van der Waals surface area contributed by atoms with Crippen molar-refractivity contribution in [1.29, 1.82) is 0 Å². The zero-order valence-electron chi connectivity index (χ0n) is 13.7. The smallest absolute Gasteiger partial charge is 0.225 e. The summed E-state index contributed by atoms with van der Waals surface area (Å²) in [6.45, 7) is 2.57. The Morgan fingerprint density at radius 2 is 2.00 bits per heavy atom. The molecular weight excluding hydrogens is 337 g/mol. The van der Waals surface area contributed by atoms with E-state index >= 15 is 0 Å². The number of benzene rings is 1. The van der Waals surface area contributed by atoms with Gasteiger partial charge < -0.3 is 20.3 Å². The highest BCUT2D eigenvalue weighted by atomic mass is 35.5. The second kappa shape index (κ2) is 11.5. The van der Waals surface area contributed by atoms with Gasteiger partial charge in [-0.2, -0.15) is 0 Å². The number of likely N-dealkylation sites (N-methyl/N-ethyl adjacent to an activating group) is 1. The zero-order chi connectivity index (χ0) is 15.1. The Balaban J connectivity index is 0.00000242. The van der Waals surface area contributed by atoms with E-state index in [1.807, 2.05) is 38.4 Å². The van der Waals surface area contributed by atoms with E-state index in [-0.39, 0.29) is 30.7 Å². The van der Waals surface area contributed by atoms with Gasteiger partial charge in [0.15, 0.2) is 0 Å². The monoisotopic (exact) mass is 363 g/mol. The van der Waals surface area contributed by atoms with Crippen LogP contribution < -0.4 is 15.4 Å². The number of hydrogen-bond donors (Lipinski definition) is 2. The molecule has 1 aliphatic heterocycles. The van der Waals surface area contributed by atoms with Gasteiger partial charge in [0.25, 0.3) is 0 Å². The predicted octanol–water partition coefficient (Wildman–Crippen LogP) is 2.55. The fourth-order valence-corrected chi connectivity index (χ4v) is 2.35. The highest BCUT2D eigenvalue weighted by Crippen LogP contribution is 2.16. The number of nitrogens with one attached hydrogen (secondary N) is 2. The Kier molecular flexibility index (Phi) is 11.0. The first kappa shape index (κ1) is 22.0. The van der Waals surface area contributed by atoms with Crippen LogP contribution in [0.15, 0.2) is 24.3 Å². The third-order valence-electron chi connectivity index (χ3n) is 3.54. The van der Waals surface area contributed by atoms with Crippen LogP contribution in [0.2, 0.25) is 0 Å². The molecule has 0 bridgehead atoms. The van der Waals surface area contributed by atoms with Crippen molar-refractivity contribution >= 4 is 36.4 Å². The van der Waals surface area contributed by atoms with Crippen molar-refractivity contribution in [1.82, 2.24) is 10.2 Å². The van der Waals surface area contributed by atoms with Gasteiger partial charge in [-0.05, 0) is 57.7 Å². The SMILES string of the molecule is CN(C)CCOc1ccc(NC(=O)CC2CCCN2)cc1.Cl.Cl. The van der Waals surface area contributed by atoms with Crippen LogP contribution >= 0.6 is 24.8 Å². The highest BCUT2D eigenvalue weighted by molar-refractivity contribution is 5.91. The van der Waals surface area contributed by atoms with E-state index in [0.29, 0.717) is 19.1 Å². The number of halogens is 2. The van der Waals surface area contributed by atoms with E-state index in [1.54, 1.807) is 0 Å². The summed E-state index contributed by atoms with van der Waals surface area (Å²) in [5.41, 5.74) is 0.818. The van der Waals surface area contributed by atoms with Crippen LogP contribution in [-0.4, -0.2) is 50.6 Å². The van der Waals surface area contributed by atoms with Crippen molar-refractivity contribution in [2.24, 2.45) is 0 Å². The van der Waals surface area contributed by atoms with Crippen LogP contribution in [0, 0.1) is 0 Å². The number of anilines is 1. The molecule has 2 N–H and O–H groups in total. The van der Waals surface area contributed by atoms with Crippen LogP contribution in [0.4, 0.5) is 5.69 Å². The fourth-order valence-electron chi connectivity index (χ4n) is 2.35. The Hall–Kier alpha value is -1.01. The molecular formula is C16H27Cl2N3O2. The molecule has 1 saturated heterocycles. The molecule has 1 aromatic rings. The first-order chi connectivity index (χ1) is 10.1. The van der Waals surface area contributed by atoms with Crippen molar-refractivity contribution in [2.75, 3.05) is 39.1 Å². The molecule has 0 aromatic heterocycles. The summed E-state index contributed by atoms with van der Waals surface area (Å²) < 4.78 is 5.62. The summed E-state index contributed by atoms with van der Waals surface area (Å²) in [4.78, 5) is 14.0. The summed E-state index contributed by atoms with van der Waals surface area (Å²) in [6, 6.07) is 7.87. The van der Waals surface area contributed by atoms with Crippen molar-refractivity contribution < 1.29 is 9.53 Å². The second-order valence-corrected chi connectivity index (χ2v) is 5.72. The number of hydrogen-bond acceptors (Lipinski definition) is 4. The molecule has 1 unspecified atom stereocenters. The average Bonchev–Trinajstić information content (AvgIpc) is 2.93. The summed E-state index contributed by atoms with van der Waals surface area (Å²) in [6.07, 6.45) is 2.80. The van der Waals surface area contributed by atoms with Gasteiger partial charge in [0.05, 0.1) is 0 Å². The van der Waals surface area contributed by atoms with Gasteiger partial charge in [-0.1, -0.05) is 0 Å². The predicted molar refractivity (Wildman–Crippen MR) is 99.3 cm³/mol. The van der Waals surface area contributed by atoms with E-state index in [0.717, 1.165) is 37.4 Å². The molecule has 0 radical (unpaired) electrons. The first-order valence-corrected chi connectivity index (χ1v) is 7.54. The van der Waals surface area contributed by atoms with Crippen molar-refractivity contribution in [3.05, 3.63) is 24.3 Å². The van der Waals surface area contributed by atoms with Crippen molar-refractivity contribution in [2.45, 2.75) is 25.3 Å². The normalized spacial score (nSPS) is 16.4. The zero-order valence-corrected chi connectivity index (χ0v) is 15.3. The van der Waals surface area contributed by atoms with Crippen LogP contribution in [0.3, 0.4) is 0 Å². The molecule has 23 heavy (non-hydrogen) atoms. The van der Waals surface area contributed by atoms with Gasteiger partial charge in [0.1, 0.15) is 12.4 Å². The molecule has 1 amide bonds. The van der Waals surface area contributed by atoms with Crippen molar-refractivity contribution in [3.63, 3.8) is 0 Å². The minimum Gasteiger partial charge on any atom is -0.492 e. The largest absolute Gasteiger partial charge is 0.492 e. The lowest BCUT2D eigenvalue weighted by Crippen LogP contribution is -2.27. The third-order valence-corrected chi connectivity index (χ3v) is 3.54. The van der Waals surface area contributed by atoms with Gasteiger partial charge in [-0.25, -0.2) is 0 Å². The number of carbonyl (C=O) groups excluding carboxylic acids is 1. The van der Waals surface area contributed by atoms with Crippen LogP contribution in [0.25, 0.3) is 0 Å². The Morgan fingerprint density at radius 3 is 2.57 bits per heavy atom. The van der Waals surface area contributed by atoms with Crippen LogP contribution in [0.5, 0.6) is 5.75 Å². The number of ether oxygens (including phenoxy) is 1. The topological polar surface area (TPSA) is 53.6 Å². The van der Waals surface area contributed by atoms with Gasteiger partial charge in [-0.3, -0.25) is 4.79 Å². The molecule has 1 aliphatic rings. The quantitative estimate of drug-likeness (QED) is 0.781. The number of nitrogens with zero attached hydrogens (tertiary/aromatic N) is 1. The summed E-state index contributed by atoms with van der Waals surface area (Å²) in [7, 11) is 4.03. The third kappa shape index (κ3) is 8.42. The standard InChI is InChI=1S/C16H25N3O2.2ClH/c1-19(2)10-11-21-15-7-5-13(6-8-15)18-16(20)12-14-4-3-9-17-14;;/h5-8,14,17H,3-4,9-12H2,1-2H3,(H,18,20);2*1H. The first-order valence-electron chi connectivity index (χ1n) is 7.54. The van der Waals surface area contributed by atoms with E-state index in [1.165, 1.54) is 0 Å². The number of rotatable bonds is 7. The second-order valence-electron chi connectivity index (χ2n) is 5.72. The summed E-state index contributed by atoms with van der Waals surface area (Å²) in [5, 5.41) is 6.26. The van der Waals surface area contributed by atoms with Gasteiger partial charge in [-0.15, -0.1) is 24.8 Å². The molecule has 132 valence electrons. The maximum absolute atomic E-state index is 11.9. The van der Waals surface area contributed by atoms with Gasteiger partial charge in [0.2, 0.25) is 5.91 Å². The Morgan fingerprint density at radius 1 is 1.30 bits per heavy atom. The van der Waals surface area contributed by atoms with Crippen molar-refractivity contribution in [3.8, 4) is 5.75 Å². The maximum atomic E-state index is 11.9. The number of amides is 1. The summed E-state index contributed by atoms with van der Waals surface area (Å²) in [5.74, 6) is 0.892. The Bertz CT molecular complexity index is 449. The summed E-state index contributed by atoms with van der Waals surface area (Å²) >= 11 is 0. The van der Waals surface area contributed by atoms with Gasteiger partial charge in [0, 0.05) is 24.7 Å². The van der Waals surface area contributed by atoms with Gasteiger partial charge >= 0.3 is 0 Å². The molecule has 5 nitrogen and oxygen atoms in total. The lowest BCUT2D eigenvalue weighted by Gasteiger charge is -2.12. The number of carbonyl (C=O) groups is 1. The minimum absolute atomic E-state index is 0. The molecule has 0 spiro atoms. The molecule has 2 rings (SSSR count). The maximum Gasteiger partial charge on any atom is 0.225 e. The van der Waals surface area contributed by atoms with Crippen LogP contribution in [-0.2, 0) is 4.79 Å². The Labute approximate surface area is 151 Å². The molecule has 1 heterocycles. The molecule has 1 atom stereocenters. The van der Waals surface area contributed by atoms with E-state index in [9.17, 15) is 4.79 Å².